The molecule has 0 bridgehead atoms. The average molecular weight is 874 g/mol. The van der Waals surface area contributed by atoms with Crippen LogP contribution in [0.2, 0.25) is 0 Å². The Hall–Kier alpha value is -7.55. The van der Waals surface area contributed by atoms with Crippen molar-refractivity contribution in [3.05, 3.63) is 170 Å². The number of fused-ring (bicyclic) bond motifs is 2. The molecule has 65 heavy (non-hydrogen) atoms. The van der Waals surface area contributed by atoms with Crippen LogP contribution in [0.15, 0.2) is 120 Å². The van der Waals surface area contributed by atoms with E-state index < -0.39 is 12.0 Å². The van der Waals surface area contributed by atoms with Crippen LogP contribution in [0.4, 0.5) is 11.4 Å². The third-order valence-corrected chi connectivity index (χ3v) is 11.9. The third-order valence-electron chi connectivity index (χ3n) is 11.9. The number of rotatable bonds is 14. The van der Waals surface area contributed by atoms with Crippen molar-refractivity contribution in [3.63, 3.8) is 0 Å². The first-order valence-corrected chi connectivity index (χ1v) is 21.5. The molecule has 1 aliphatic heterocycles. The lowest BCUT2D eigenvalue weighted by Gasteiger charge is -2.35. The lowest BCUT2D eigenvalue weighted by molar-refractivity contribution is 0.0535. The van der Waals surface area contributed by atoms with Crippen LogP contribution in [0.5, 0.6) is 11.5 Å². The van der Waals surface area contributed by atoms with Crippen molar-refractivity contribution in [2.24, 2.45) is 5.73 Å². The van der Waals surface area contributed by atoms with Crippen molar-refractivity contribution in [2.45, 2.75) is 38.8 Å². The van der Waals surface area contributed by atoms with Gasteiger partial charge in [-0.1, -0.05) is 42.5 Å². The molecule has 7 aromatic rings. The number of phenolic OH excluding ortho intramolecular Hbond substituents is 1. The number of hydrogen-bond donors (Lipinski definition) is 6. The molecular formula is C51H51N7O7. The van der Waals surface area contributed by atoms with Gasteiger partial charge in [0.1, 0.15) is 11.5 Å². The van der Waals surface area contributed by atoms with E-state index in [1.807, 2.05) is 86.6 Å². The van der Waals surface area contributed by atoms with Gasteiger partial charge in [0.25, 0.3) is 17.7 Å². The number of aromatic nitrogens is 2. The van der Waals surface area contributed by atoms with Crippen molar-refractivity contribution in [1.29, 1.82) is 0 Å². The van der Waals surface area contributed by atoms with Gasteiger partial charge in [-0.3, -0.25) is 24.2 Å². The van der Waals surface area contributed by atoms with Gasteiger partial charge in [0.2, 0.25) is 5.56 Å². The molecule has 14 nitrogen and oxygen atoms in total. The molecule has 5 aromatic carbocycles. The minimum absolute atomic E-state index is 0.0442. The predicted octanol–water partition coefficient (Wildman–Crippen LogP) is 6.38. The largest absolute Gasteiger partial charge is 0.506 e. The summed E-state index contributed by atoms with van der Waals surface area (Å²) >= 11 is 0. The maximum Gasteiger partial charge on any atom is 0.253 e. The Kier molecular flexibility index (Phi) is 12.9. The van der Waals surface area contributed by atoms with E-state index in [0.29, 0.717) is 72.5 Å². The molecule has 2 atom stereocenters. The predicted molar refractivity (Wildman–Crippen MR) is 251 cm³/mol. The number of methoxy groups -OCH3 is 1. The number of nitrogens with zero attached hydrogens (tertiary/aromatic N) is 3. The molecule has 0 saturated carbocycles. The van der Waals surface area contributed by atoms with Crippen molar-refractivity contribution < 1.29 is 29.3 Å². The molecule has 0 spiro atoms. The van der Waals surface area contributed by atoms with E-state index in [0.717, 1.165) is 38.8 Å². The Bertz CT molecular complexity index is 3000. The van der Waals surface area contributed by atoms with Gasteiger partial charge in [-0.25, -0.2) is 0 Å². The fraction of sp³-hybridized carbons (Fsp3) is 0.235. The van der Waals surface area contributed by atoms with Crippen LogP contribution in [0.3, 0.4) is 0 Å². The fourth-order valence-corrected chi connectivity index (χ4v) is 8.58. The second-order valence-corrected chi connectivity index (χ2v) is 16.6. The van der Waals surface area contributed by atoms with Gasteiger partial charge in [-0.2, -0.15) is 0 Å². The van der Waals surface area contributed by atoms with Crippen LogP contribution < -0.4 is 26.7 Å². The Morgan fingerprint density at radius 3 is 2.20 bits per heavy atom. The monoisotopic (exact) mass is 873 g/mol. The SMILES string of the molecule is COc1cccc(Nc2c(C(N)=O)cnc3c(C)cc(Cc4cccc(C(=O)N5CCN(C(=O)c6cccc(CC(C)NC[C@H](O)c7ccc(O)c8[nH]c(=O)ccc78)c6)CC5)c4)cc23)c1. The van der Waals surface area contributed by atoms with E-state index in [9.17, 15) is 29.4 Å². The van der Waals surface area contributed by atoms with Crippen molar-refractivity contribution >= 4 is 50.9 Å². The van der Waals surface area contributed by atoms with Gasteiger partial charge in [0, 0.05) is 84.7 Å². The van der Waals surface area contributed by atoms with Crippen molar-refractivity contribution in [2.75, 3.05) is 45.2 Å². The number of amides is 3. The second-order valence-electron chi connectivity index (χ2n) is 16.6. The standard InChI is InChI=1S/C51H51N7O7/c1-30-21-34(26-41-46(30)54-28-42(49(52)62)47(41)55-37-11-6-12-38(27-37)65-3)23-33-8-5-10-36(25-33)51(64)58-19-17-57(18-20-58)50(63)35-9-4-7-32(24-35)22-31(2)53-29-44(60)39-13-15-43(59)48-40(39)14-16-45(61)56-48/h4-16,21,24-28,31,44,53,59-60H,17-20,22-23,29H2,1-3H3,(H2,52,62)(H,54,55)(H,56,61)/t31?,44-/m0/s1. The van der Waals surface area contributed by atoms with Crippen molar-refractivity contribution in [3.8, 4) is 11.5 Å². The maximum atomic E-state index is 13.9. The molecule has 0 radical (unpaired) electrons. The van der Waals surface area contributed by atoms with Crippen molar-refractivity contribution in [1.82, 2.24) is 25.1 Å². The number of primary amides is 1. The number of hydrogen-bond acceptors (Lipinski definition) is 10. The zero-order valence-corrected chi connectivity index (χ0v) is 36.4. The van der Waals surface area contributed by atoms with E-state index in [1.54, 1.807) is 35.1 Å². The molecule has 1 saturated heterocycles. The highest BCUT2D eigenvalue weighted by atomic mass is 16.5. The summed E-state index contributed by atoms with van der Waals surface area (Å²) in [7, 11) is 1.59. The minimum atomic E-state index is -0.893. The Labute approximate surface area is 375 Å². The summed E-state index contributed by atoms with van der Waals surface area (Å²) in [6, 6.07) is 32.6. The molecule has 2 aromatic heterocycles. The van der Waals surface area contributed by atoms with Crippen LogP contribution in [-0.2, 0) is 12.8 Å². The molecule has 1 aliphatic rings. The van der Waals surface area contributed by atoms with Gasteiger partial charge in [-0.15, -0.1) is 0 Å². The Balaban J connectivity index is 0.882. The van der Waals surface area contributed by atoms with E-state index in [2.05, 4.69) is 26.7 Å². The number of carbonyl (C=O) groups excluding carboxylic acids is 3. The highest BCUT2D eigenvalue weighted by molar-refractivity contribution is 6.08. The molecular weight excluding hydrogens is 823 g/mol. The van der Waals surface area contributed by atoms with Gasteiger partial charge in [0.05, 0.1) is 35.5 Å². The first-order chi connectivity index (χ1) is 31.3. The maximum absolute atomic E-state index is 13.9. The number of phenols is 1. The van der Waals surface area contributed by atoms with Gasteiger partial charge in [-0.05, 0) is 109 Å². The number of ether oxygens (including phenoxy) is 1. The average Bonchev–Trinajstić information content (AvgIpc) is 3.31. The van der Waals surface area contributed by atoms with Gasteiger partial charge in [0.15, 0.2) is 0 Å². The molecule has 0 aliphatic carbocycles. The summed E-state index contributed by atoms with van der Waals surface area (Å²) in [5.74, 6) is -0.208. The first kappa shape index (κ1) is 44.1. The van der Waals surface area contributed by atoms with Crippen LogP contribution >= 0.6 is 0 Å². The number of aliphatic hydroxyl groups excluding tert-OH is 1. The molecule has 332 valence electrons. The number of nitrogens with one attached hydrogen (secondary N) is 3. The quantitative estimate of drug-likeness (QED) is 0.0712. The first-order valence-electron chi connectivity index (χ1n) is 21.5. The van der Waals surface area contributed by atoms with E-state index in [-0.39, 0.29) is 46.8 Å². The highest BCUT2D eigenvalue weighted by Crippen LogP contribution is 2.34. The summed E-state index contributed by atoms with van der Waals surface area (Å²) in [5.41, 5.74) is 13.5. The van der Waals surface area contributed by atoms with Crippen LogP contribution in [0.1, 0.15) is 71.9 Å². The zero-order chi connectivity index (χ0) is 45.8. The molecule has 8 rings (SSSR count). The summed E-state index contributed by atoms with van der Waals surface area (Å²) in [6.07, 6.45) is 1.73. The molecule has 7 N–H and O–H groups in total. The van der Waals surface area contributed by atoms with E-state index in [4.69, 9.17) is 10.5 Å². The fourth-order valence-electron chi connectivity index (χ4n) is 8.58. The lowest BCUT2D eigenvalue weighted by Crippen LogP contribution is -2.50. The molecule has 3 heterocycles. The highest BCUT2D eigenvalue weighted by Gasteiger charge is 2.26. The van der Waals surface area contributed by atoms with Gasteiger partial charge >= 0.3 is 0 Å². The number of aromatic amines is 1. The number of H-pyrrole nitrogens is 1. The number of aromatic hydroxyl groups is 1. The van der Waals surface area contributed by atoms with Crippen LogP contribution in [0, 0.1) is 6.92 Å². The molecule has 1 unspecified atom stereocenters. The third kappa shape index (κ3) is 9.83. The zero-order valence-electron chi connectivity index (χ0n) is 36.4. The van der Waals surface area contributed by atoms with Gasteiger partial charge < -0.3 is 46.1 Å². The molecule has 3 amide bonds. The number of carbonyl (C=O) groups is 3. The summed E-state index contributed by atoms with van der Waals surface area (Å²) in [4.78, 5) is 62.8. The molecule has 14 heteroatoms. The summed E-state index contributed by atoms with van der Waals surface area (Å²) in [6.45, 7) is 5.80. The number of benzene rings is 5. The number of piperazine rings is 1. The minimum Gasteiger partial charge on any atom is -0.506 e. The molecule has 1 fully saturated rings. The number of nitrogens with two attached hydrogens (primary N) is 1. The Morgan fingerprint density at radius 2 is 1.51 bits per heavy atom. The number of anilines is 2. The smallest absolute Gasteiger partial charge is 0.253 e. The Morgan fingerprint density at radius 1 is 0.831 bits per heavy atom. The van der Waals surface area contributed by atoms with Crippen LogP contribution in [-0.4, -0.2) is 93.6 Å². The van der Waals surface area contributed by atoms with E-state index >= 15 is 0 Å². The number of aliphatic hydroxyl groups is 1. The van der Waals surface area contributed by atoms with E-state index in [1.165, 1.54) is 18.3 Å². The lowest BCUT2D eigenvalue weighted by atomic mass is 9.97. The summed E-state index contributed by atoms with van der Waals surface area (Å²) in [5, 5.41) is 29.3. The van der Waals surface area contributed by atoms with Crippen LogP contribution in [0.25, 0.3) is 21.8 Å². The normalized spacial score (nSPS) is 13.7. The second kappa shape index (κ2) is 19.1. The number of pyridine rings is 2. The summed E-state index contributed by atoms with van der Waals surface area (Å²) < 4.78 is 5.40. The topological polar surface area (TPSA) is 203 Å². The number of aryl methyl sites for hydroxylation is 1.